The quantitative estimate of drug-likeness (QED) is 0.765. The number of hydrogen-bond acceptors (Lipinski definition) is 2. The number of rotatable bonds is 4. The second-order valence-electron chi connectivity index (χ2n) is 4.30. The van der Waals surface area contributed by atoms with Crippen LogP contribution < -0.4 is 0 Å². The SMILES string of the molecule is CC(C)CC(C#N)C(=O)c1ccc(Cl)c(F)c1. The fourth-order valence-corrected chi connectivity index (χ4v) is 1.66. The van der Waals surface area contributed by atoms with E-state index in [0.717, 1.165) is 6.07 Å². The van der Waals surface area contributed by atoms with Crippen LogP contribution in [-0.4, -0.2) is 5.78 Å². The van der Waals surface area contributed by atoms with Gasteiger partial charge in [0.2, 0.25) is 0 Å². The Labute approximate surface area is 105 Å². The number of halogens is 2. The highest BCUT2D eigenvalue weighted by Gasteiger charge is 2.21. The number of ketones is 1. The molecule has 0 amide bonds. The van der Waals surface area contributed by atoms with Gasteiger partial charge in [0.05, 0.1) is 11.1 Å². The zero-order valence-corrected chi connectivity index (χ0v) is 10.5. The number of hydrogen-bond donors (Lipinski definition) is 0. The molecule has 0 saturated heterocycles. The normalized spacial score (nSPS) is 12.2. The van der Waals surface area contributed by atoms with Crippen molar-refractivity contribution in [2.45, 2.75) is 20.3 Å². The molecule has 0 N–H and O–H groups in total. The predicted octanol–water partition coefficient (Wildman–Crippen LogP) is 3.85. The topological polar surface area (TPSA) is 40.9 Å². The monoisotopic (exact) mass is 253 g/mol. The smallest absolute Gasteiger partial charge is 0.180 e. The summed E-state index contributed by atoms with van der Waals surface area (Å²) in [6.45, 7) is 3.86. The molecule has 0 heterocycles. The van der Waals surface area contributed by atoms with E-state index < -0.39 is 11.7 Å². The van der Waals surface area contributed by atoms with E-state index >= 15 is 0 Å². The molecule has 1 rings (SSSR count). The van der Waals surface area contributed by atoms with Gasteiger partial charge in [-0.3, -0.25) is 4.79 Å². The molecule has 1 unspecified atom stereocenters. The van der Waals surface area contributed by atoms with Gasteiger partial charge in [-0.25, -0.2) is 4.39 Å². The average Bonchev–Trinajstić information content (AvgIpc) is 2.28. The van der Waals surface area contributed by atoms with Gasteiger partial charge < -0.3 is 0 Å². The number of carbonyl (C=O) groups excluding carboxylic acids is 1. The van der Waals surface area contributed by atoms with Crippen LogP contribution >= 0.6 is 11.6 Å². The van der Waals surface area contributed by atoms with E-state index in [1.807, 2.05) is 19.9 Å². The number of carbonyl (C=O) groups is 1. The fraction of sp³-hybridized carbons (Fsp3) is 0.385. The van der Waals surface area contributed by atoms with Crippen LogP contribution in [0.3, 0.4) is 0 Å². The minimum absolute atomic E-state index is 0.0288. The lowest BCUT2D eigenvalue weighted by molar-refractivity contribution is 0.0936. The van der Waals surface area contributed by atoms with Crippen molar-refractivity contribution in [2.75, 3.05) is 0 Å². The Balaban J connectivity index is 2.95. The molecule has 1 atom stereocenters. The number of nitriles is 1. The van der Waals surface area contributed by atoms with Crippen molar-refractivity contribution in [3.63, 3.8) is 0 Å². The summed E-state index contributed by atoms with van der Waals surface area (Å²) in [7, 11) is 0. The van der Waals surface area contributed by atoms with Crippen molar-refractivity contribution in [3.05, 3.63) is 34.6 Å². The fourth-order valence-electron chi connectivity index (χ4n) is 1.54. The Morgan fingerprint density at radius 2 is 2.18 bits per heavy atom. The Bertz CT molecular complexity index is 465. The minimum Gasteiger partial charge on any atom is -0.293 e. The van der Waals surface area contributed by atoms with E-state index in [-0.39, 0.29) is 22.3 Å². The predicted molar refractivity (Wildman–Crippen MR) is 64.3 cm³/mol. The summed E-state index contributed by atoms with van der Waals surface area (Å²) < 4.78 is 13.2. The van der Waals surface area contributed by atoms with E-state index in [0.29, 0.717) is 6.42 Å². The van der Waals surface area contributed by atoms with Gasteiger partial charge in [-0.1, -0.05) is 25.4 Å². The molecule has 2 nitrogen and oxygen atoms in total. The molecule has 0 aliphatic heterocycles. The van der Waals surface area contributed by atoms with Crippen molar-refractivity contribution >= 4 is 17.4 Å². The highest BCUT2D eigenvalue weighted by Crippen LogP contribution is 2.20. The minimum atomic E-state index is -0.726. The number of benzene rings is 1. The van der Waals surface area contributed by atoms with E-state index in [1.54, 1.807) is 0 Å². The zero-order chi connectivity index (χ0) is 13.0. The van der Waals surface area contributed by atoms with E-state index in [9.17, 15) is 9.18 Å². The first-order valence-electron chi connectivity index (χ1n) is 5.34. The van der Waals surface area contributed by atoms with Crippen LogP contribution in [0.1, 0.15) is 30.6 Å². The molecule has 0 spiro atoms. The third-order valence-corrected chi connectivity index (χ3v) is 2.69. The summed E-state index contributed by atoms with van der Waals surface area (Å²) in [5, 5.41) is 8.91. The Morgan fingerprint density at radius 1 is 1.53 bits per heavy atom. The lowest BCUT2D eigenvalue weighted by atomic mass is 9.91. The van der Waals surface area contributed by atoms with Gasteiger partial charge in [-0.2, -0.15) is 5.26 Å². The number of Topliss-reactive ketones (excluding diaryl/α,β-unsaturated/α-hetero) is 1. The number of nitrogens with zero attached hydrogens (tertiary/aromatic N) is 1. The first kappa shape index (κ1) is 13.7. The molecule has 0 bridgehead atoms. The van der Waals surface area contributed by atoms with E-state index in [4.69, 9.17) is 16.9 Å². The first-order valence-corrected chi connectivity index (χ1v) is 5.72. The van der Waals surface area contributed by atoms with Gasteiger partial charge in [-0.15, -0.1) is 0 Å². The van der Waals surface area contributed by atoms with Crippen LogP contribution in [0.5, 0.6) is 0 Å². The molecule has 0 aromatic heterocycles. The Morgan fingerprint density at radius 3 is 2.65 bits per heavy atom. The van der Waals surface area contributed by atoms with Gasteiger partial charge in [0, 0.05) is 5.56 Å². The van der Waals surface area contributed by atoms with Gasteiger partial charge in [0.15, 0.2) is 5.78 Å². The lowest BCUT2D eigenvalue weighted by Crippen LogP contribution is -2.15. The van der Waals surface area contributed by atoms with Crippen LogP contribution in [-0.2, 0) is 0 Å². The molecule has 0 radical (unpaired) electrons. The second kappa shape index (κ2) is 5.79. The Kier molecular flexibility index (Phi) is 4.65. The molecule has 1 aromatic carbocycles. The molecule has 0 aliphatic rings. The van der Waals surface area contributed by atoms with Crippen molar-refractivity contribution in [2.24, 2.45) is 11.8 Å². The summed E-state index contributed by atoms with van der Waals surface area (Å²) in [6.07, 6.45) is 0.472. The van der Waals surface area contributed by atoms with Gasteiger partial charge in [-0.05, 0) is 30.5 Å². The Hall–Kier alpha value is -1.40. The van der Waals surface area contributed by atoms with Crippen LogP contribution in [0.25, 0.3) is 0 Å². The summed E-state index contributed by atoms with van der Waals surface area (Å²) in [6, 6.07) is 5.81. The van der Waals surface area contributed by atoms with Gasteiger partial charge in [0.1, 0.15) is 11.7 Å². The molecule has 4 heteroatoms. The zero-order valence-electron chi connectivity index (χ0n) is 9.71. The third kappa shape index (κ3) is 3.54. The second-order valence-corrected chi connectivity index (χ2v) is 4.71. The summed E-state index contributed by atoms with van der Waals surface area (Å²) in [4.78, 5) is 11.9. The van der Waals surface area contributed by atoms with Crippen molar-refractivity contribution in [1.29, 1.82) is 5.26 Å². The molecule has 0 saturated carbocycles. The van der Waals surface area contributed by atoms with Crippen LogP contribution in [0.2, 0.25) is 5.02 Å². The average molecular weight is 254 g/mol. The van der Waals surface area contributed by atoms with Crippen molar-refractivity contribution in [3.8, 4) is 6.07 Å². The van der Waals surface area contributed by atoms with Crippen molar-refractivity contribution < 1.29 is 9.18 Å². The highest BCUT2D eigenvalue weighted by molar-refractivity contribution is 6.30. The van der Waals surface area contributed by atoms with Crippen LogP contribution in [0, 0.1) is 29.0 Å². The van der Waals surface area contributed by atoms with Crippen LogP contribution in [0.15, 0.2) is 18.2 Å². The summed E-state index contributed by atoms with van der Waals surface area (Å²) in [5.74, 6) is -1.48. The van der Waals surface area contributed by atoms with E-state index in [1.165, 1.54) is 12.1 Å². The molecule has 1 aromatic rings. The molecule has 0 fully saturated rings. The maximum atomic E-state index is 13.2. The van der Waals surface area contributed by atoms with Gasteiger partial charge >= 0.3 is 0 Å². The van der Waals surface area contributed by atoms with E-state index in [2.05, 4.69) is 0 Å². The molecular weight excluding hydrogens is 241 g/mol. The lowest BCUT2D eigenvalue weighted by Gasteiger charge is -2.10. The van der Waals surface area contributed by atoms with Gasteiger partial charge in [0.25, 0.3) is 0 Å². The largest absolute Gasteiger partial charge is 0.293 e. The first-order chi connectivity index (χ1) is 7.95. The maximum Gasteiger partial charge on any atom is 0.180 e. The summed E-state index contributed by atoms with van der Waals surface area (Å²) >= 11 is 5.53. The summed E-state index contributed by atoms with van der Waals surface area (Å²) in [5.41, 5.74) is 0.194. The third-order valence-electron chi connectivity index (χ3n) is 2.38. The van der Waals surface area contributed by atoms with Crippen LogP contribution in [0.4, 0.5) is 4.39 Å². The molecular formula is C13H13ClFNO. The highest BCUT2D eigenvalue weighted by atomic mass is 35.5. The maximum absolute atomic E-state index is 13.2. The molecule has 90 valence electrons. The van der Waals surface area contributed by atoms with Crippen molar-refractivity contribution in [1.82, 2.24) is 0 Å². The standard InChI is InChI=1S/C13H13ClFNO/c1-8(2)5-10(7-16)13(17)9-3-4-11(14)12(15)6-9/h3-4,6,8,10H,5H2,1-2H3. The molecule has 17 heavy (non-hydrogen) atoms. The molecule has 0 aliphatic carbocycles.